The van der Waals surface area contributed by atoms with Crippen LogP contribution in [0.2, 0.25) is 0 Å². The van der Waals surface area contributed by atoms with Crippen LogP contribution in [0.25, 0.3) is 33.3 Å². The van der Waals surface area contributed by atoms with Crippen molar-refractivity contribution in [3.05, 3.63) is 65.7 Å². The molecular formula is C33H38FN7O2. The van der Waals surface area contributed by atoms with E-state index in [9.17, 15) is 5.11 Å². The zero-order chi connectivity index (χ0) is 29.7. The van der Waals surface area contributed by atoms with E-state index >= 15 is 4.39 Å². The number of aryl methyl sites for hydroxylation is 2. The van der Waals surface area contributed by atoms with Crippen molar-refractivity contribution in [2.75, 3.05) is 31.2 Å². The second kappa shape index (κ2) is 11.0. The molecule has 6 heterocycles. The Morgan fingerprint density at radius 1 is 1.12 bits per heavy atom. The Labute approximate surface area is 250 Å². The van der Waals surface area contributed by atoms with E-state index in [1.165, 1.54) is 0 Å². The number of rotatable bonds is 6. The first-order valence-electron chi connectivity index (χ1n) is 15.3. The van der Waals surface area contributed by atoms with Gasteiger partial charge in [-0.2, -0.15) is 0 Å². The molecule has 1 unspecified atom stereocenters. The van der Waals surface area contributed by atoms with E-state index in [4.69, 9.17) is 14.7 Å². The van der Waals surface area contributed by atoms with Crippen molar-refractivity contribution in [2.24, 2.45) is 13.0 Å². The number of pyridine rings is 2. The van der Waals surface area contributed by atoms with Crippen molar-refractivity contribution in [1.82, 2.24) is 29.5 Å². The molecule has 1 atom stereocenters. The van der Waals surface area contributed by atoms with Crippen LogP contribution in [0.3, 0.4) is 0 Å². The Kier molecular flexibility index (Phi) is 7.13. The SMILES string of the molecule is Cc1nnn(C)c1-c1cnc2c3ccc(N4CCC(C)(O)CC4)nc3n(C(CC3CCOCC3)c3ccccc3F)c2c1. The second-order valence-electron chi connectivity index (χ2n) is 12.5. The van der Waals surface area contributed by atoms with Crippen LogP contribution in [0.5, 0.6) is 0 Å². The number of benzene rings is 1. The standard InChI is InChI=1S/C33H38FN7O2/c1-21-31(39(3)38-37-21)23-19-28-30(35-20-23)25-8-9-29(40-14-12-33(2,42)13-15-40)36-32(25)41(28)27(18-22-10-16-43-17-11-22)24-6-4-5-7-26(24)34/h4-9,19-20,22,27,42H,10-18H2,1-3H3. The summed E-state index contributed by atoms with van der Waals surface area (Å²) in [6.45, 7) is 6.73. The molecule has 0 bridgehead atoms. The maximum Gasteiger partial charge on any atom is 0.145 e. The van der Waals surface area contributed by atoms with Crippen LogP contribution in [0, 0.1) is 18.7 Å². The Morgan fingerprint density at radius 2 is 1.88 bits per heavy atom. The molecular weight excluding hydrogens is 545 g/mol. The lowest BCUT2D eigenvalue weighted by Gasteiger charge is -2.36. The van der Waals surface area contributed by atoms with E-state index < -0.39 is 5.60 Å². The molecule has 0 spiro atoms. The van der Waals surface area contributed by atoms with Gasteiger partial charge in [-0.05, 0) is 76.1 Å². The molecule has 2 fully saturated rings. The van der Waals surface area contributed by atoms with E-state index in [-0.39, 0.29) is 11.9 Å². The van der Waals surface area contributed by atoms with Crippen LogP contribution in [0.15, 0.2) is 48.7 Å². The number of fused-ring (bicyclic) bond motifs is 3. The predicted molar refractivity (Wildman–Crippen MR) is 165 cm³/mol. The third-order valence-electron chi connectivity index (χ3n) is 9.38. The average molecular weight is 584 g/mol. The van der Waals surface area contributed by atoms with Crippen LogP contribution < -0.4 is 4.90 Å². The number of aromatic nitrogens is 6. The van der Waals surface area contributed by atoms with Crippen LogP contribution in [-0.2, 0) is 11.8 Å². The Balaban J connectivity index is 1.46. The second-order valence-corrected chi connectivity index (χ2v) is 12.5. The highest BCUT2D eigenvalue weighted by atomic mass is 19.1. The zero-order valence-corrected chi connectivity index (χ0v) is 25.0. The first kappa shape index (κ1) is 27.9. The van der Waals surface area contributed by atoms with Crippen molar-refractivity contribution < 1.29 is 14.2 Å². The third-order valence-corrected chi connectivity index (χ3v) is 9.38. The van der Waals surface area contributed by atoms with E-state index in [1.807, 2.05) is 45.3 Å². The van der Waals surface area contributed by atoms with Gasteiger partial charge in [0.05, 0.1) is 34.1 Å². The van der Waals surface area contributed by atoms with Crippen LogP contribution in [-0.4, -0.2) is 66.5 Å². The molecule has 1 N–H and O–H groups in total. The first-order valence-corrected chi connectivity index (χ1v) is 15.3. The number of hydrogen-bond donors (Lipinski definition) is 1. The van der Waals surface area contributed by atoms with Crippen molar-refractivity contribution in [3.63, 3.8) is 0 Å². The first-order chi connectivity index (χ1) is 20.8. The van der Waals surface area contributed by atoms with Crippen LogP contribution >= 0.6 is 0 Å². The summed E-state index contributed by atoms with van der Waals surface area (Å²) >= 11 is 0. The molecule has 0 radical (unpaired) electrons. The zero-order valence-electron chi connectivity index (χ0n) is 25.0. The molecule has 2 aliphatic rings. The van der Waals surface area contributed by atoms with E-state index in [1.54, 1.807) is 16.8 Å². The van der Waals surface area contributed by atoms with Gasteiger partial charge in [-0.3, -0.25) is 4.98 Å². The molecule has 9 nitrogen and oxygen atoms in total. The summed E-state index contributed by atoms with van der Waals surface area (Å²) in [5, 5.41) is 20.0. The van der Waals surface area contributed by atoms with Gasteiger partial charge in [0.2, 0.25) is 0 Å². The molecule has 1 aromatic carbocycles. The van der Waals surface area contributed by atoms with Crippen molar-refractivity contribution in [2.45, 2.75) is 57.6 Å². The summed E-state index contributed by atoms with van der Waals surface area (Å²) in [6.07, 6.45) is 5.88. The number of aliphatic hydroxyl groups is 1. The third kappa shape index (κ3) is 5.16. The number of nitrogens with zero attached hydrogens (tertiary/aromatic N) is 7. The number of ether oxygens (including phenoxy) is 1. The lowest BCUT2D eigenvalue weighted by Crippen LogP contribution is -2.42. The summed E-state index contributed by atoms with van der Waals surface area (Å²) in [6, 6.07) is 13.1. The summed E-state index contributed by atoms with van der Waals surface area (Å²) in [5.41, 5.74) is 5.13. The van der Waals surface area contributed by atoms with E-state index in [0.717, 1.165) is 90.4 Å². The molecule has 2 saturated heterocycles. The molecule has 4 aromatic heterocycles. The normalized spacial score (nSPS) is 18.5. The molecule has 5 aromatic rings. The van der Waals surface area contributed by atoms with Gasteiger partial charge < -0.3 is 19.3 Å². The fourth-order valence-corrected chi connectivity index (χ4v) is 6.87. The fourth-order valence-electron chi connectivity index (χ4n) is 6.87. The molecule has 0 amide bonds. The molecule has 224 valence electrons. The highest BCUT2D eigenvalue weighted by molar-refractivity contribution is 6.05. The monoisotopic (exact) mass is 583 g/mol. The average Bonchev–Trinajstić information content (AvgIpc) is 3.51. The van der Waals surface area contributed by atoms with E-state index in [0.29, 0.717) is 24.3 Å². The van der Waals surface area contributed by atoms with Gasteiger partial charge in [0, 0.05) is 56.1 Å². The minimum atomic E-state index is -0.658. The predicted octanol–water partition coefficient (Wildman–Crippen LogP) is 5.58. The van der Waals surface area contributed by atoms with Crippen LogP contribution in [0.4, 0.5) is 10.2 Å². The largest absolute Gasteiger partial charge is 0.390 e. The van der Waals surface area contributed by atoms with Gasteiger partial charge in [0.25, 0.3) is 0 Å². The lowest BCUT2D eigenvalue weighted by molar-refractivity contribution is 0.0350. The van der Waals surface area contributed by atoms with Gasteiger partial charge in [-0.15, -0.1) is 5.10 Å². The molecule has 10 heteroatoms. The number of anilines is 1. The highest BCUT2D eigenvalue weighted by Gasteiger charge is 2.31. The van der Waals surface area contributed by atoms with Gasteiger partial charge in [-0.1, -0.05) is 23.4 Å². The number of hydrogen-bond acceptors (Lipinski definition) is 7. The Hall–Kier alpha value is -3.89. The summed E-state index contributed by atoms with van der Waals surface area (Å²) in [4.78, 5) is 12.5. The van der Waals surface area contributed by atoms with Crippen molar-refractivity contribution >= 4 is 27.9 Å². The van der Waals surface area contributed by atoms with Gasteiger partial charge in [0.1, 0.15) is 17.3 Å². The summed E-state index contributed by atoms with van der Waals surface area (Å²) < 4.78 is 25.4. The van der Waals surface area contributed by atoms with E-state index in [2.05, 4.69) is 31.9 Å². The van der Waals surface area contributed by atoms with Gasteiger partial charge in [0.15, 0.2) is 0 Å². The van der Waals surface area contributed by atoms with Crippen molar-refractivity contribution in [1.29, 1.82) is 0 Å². The molecule has 2 aliphatic heterocycles. The Bertz CT molecular complexity index is 1760. The summed E-state index contributed by atoms with van der Waals surface area (Å²) in [5.74, 6) is 1.02. The van der Waals surface area contributed by atoms with Crippen molar-refractivity contribution in [3.8, 4) is 11.3 Å². The topological polar surface area (TPSA) is 94.1 Å². The number of piperidine rings is 1. The maximum atomic E-state index is 15.7. The van der Waals surface area contributed by atoms with Gasteiger partial charge in [-0.25, -0.2) is 14.1 Å². The highest BCUT2D eigenvalue weighted by Crippen LogP contribution is 2.40. The minimum absolute atomic E-state index is 0.222. The minimum Gasteiger partial charge on any atom is -0.390 e. The maximum absolute atomic E-state index is 15.7. The quantitative estimate of drug-likeness (QED) is 0.279. The van der Waals surface area contributed by atoms with Crippen LogP contribution in [0.1, 0.15) is 56.3 Å². The van der Waals surface area contributed by atoms with Gasteiger partial charge >= 0.3 is 0 Å². The lowest BCUT2D eigenvalue weighted by atomic mass is 9.89. The molecule has 0 aliphatic carbocycles. The molecule has 0 saturated carbocycles. The Morgan fingerprint density at radius 3 is 2.60 bits per heavy atom. The number of halogens is 1. The smallest absolute Gasteiger partial charge is 0.145 e. The molecule has 43 heavy (non-hydrogen) atoms. The molecule has 7 rings (SSSR count). The summed E-state index contributed by atoms with van der Waals surface area (Å²) in [7, 11) is 1.88. The fraction of sp³-hybridized carbons (Fsp3) is 0.455.